The average molecular weight is 915 g/mol. The summed E-state index contributed by atoms with van der Waals surface area (Å²) in [7, 11) is 0. The van der Waals surface area contributed by atoms with Crippen LogP contribution in [-0.2, 0) is 0 Å². The molecule has 0 saturated carbocycles. The molecule has 0 saturated heterocycles. The second kappa shape index (κ2) is 15.8. The van der Waals surface area contributed by atoms with Crippen molar-refractivity contribution in [2.45, 2.75) is 54.9 Å². The normalized spacial score (nSPS) is 24.1. The molecule has 0 aromatic heterocycles. The fourth-order valence-electron chi connectivity index (χ4n) is 8.31. The Balaban J connectivity index is 1.20. The van der Waals surface area contributed by atoms with Gasteiger partial charge in [-0.3, -0.25) is 0 Å². The molecule has 3 aliphatic heterocycles. The van der Waals surface area contributed by atoms with Gasteiger partial charge < -0.3 is 105 Å². The third-order valence-electron chi connectivity index (χ3n) is 11.5. The summed E-state index contributed by atoms with van der Waals surface area (Å²) >= 11 is 0. The van der Waals surface area contributed by atoms with E-state index in [4.69, 9.17) is 23.7 Å². The summed E-state index contributed by atoms with van der Waals surface area (Å²) in [5.74, 6) is -11.1. The molecule has 0 bridgehead atoms. The Morgan fingerprint density at radius 2 is 0.742 bits per heavy atom. The Bertz CT molecular complexity index is 2920. The van der Waals surface area contributed by atoms with Crippen LogP contribution in [0.4, 0.5) is 0 Å². The van der Waals surface area contributed by atoms with Crippen LogP contribution in [0.1, 0.15) is 70.0 Å². The number of aliphatic hydroxyl groups excluding tert-OH is 4. The first-order chi connectivity index (χ1) is 31.3. The third-order valence-corrected chi connectivity index (χ3v) is 11.5. The maximum Gasteiger partial charge on any atom is 0.204 e. The number of hydrogen-bond donors (Lipinski definition) is 16. The van der Waals surface area contributed by atoms with Gasteiger partial charge in [0.1, 0.15) is 53.2 Å². The zero-order chi connectivity index (χ0) is 47.2. The van der Waals surface area contributed by atoms with Crippen molar-refractivity contribution in [2.75, 3.05) is 0 Å². The van der Waals surface area contributed by atoms with Crippen LogP contribution in [0.25, 0.3) is 0 Å². The summed E-state index contributed by atoms with van der Waals surface area (Å²) < 4.78 is 30.8. The van der Waals surface area contributed by atoms with Crippen molar-refractivity contribution < 1.29 is 105 Å². The van der Waals surface area contributed by atoms with Crippen LogP contribution in [0.3, 0.4) is 0 Å². The number of phenolic OH excluding ortho intramolecular Hbond substituents is 12. The summed E-state index contributed by atoms with van der Waals surface area (Å²) in [5.41, 5.74) is -1.40. The number of hydrogen-bond acceptors (Lipinski definition) is 21. The Morgan fingerprint density at radius 1 is 0.348 bits per heavy atom. The highest BCUT2D eigenvalue weighted by Gasteiger charge is 2.49. The number of phenols is 12. The van der Waals surface area contributed by atoms with Crippen molar-refractivity contribution in [3.63, 3.8) is 0 Å². The fraction of sp³-hybridized carbons (Fsp3) is 0.200. The van der Waals surface area contributed by atoms with Gasteiger partial charge in [-0.2, -0.15) is 0 Å². The van der Waals surface area contributed by atoms with Crippen molar-refractivity contribution in [2.24, 2.45) is 0 Å². The van der Waals surface area contributed by atoms with Gasteiger partial charge in [0, 0.05) is 24.3 Å². The van der Waals surface area contributed by atoms with Crippen molar-refractivity contribution in [1.82, 2.24) is 0 Å². The highest BCUT2D eigenvalue weighted by Crippen LogP contribution is 2.60. The zero-order valence-electron chi connectivity index (χ0n) is 33.4. The van der Waals surface area contributed by atoms with Gasteiger partial charge in [0.05, 0.1) is 16.7 Å². The minimum absolute atomic E-state index is 0.0163. The molecule has 3 aliphatic rings. The fourth-order valence-corrected chi connectivity index (χ4v) is 8.31. The first-order valence-electron chi connectivity index (χ1n) is 19.7. The summed E-state index contributed by atoms with van der Waals surface area (Å²) in [6.07, 6.45) is -16.3. The number of rotatable bonds is 7. The molecular weight excluding hydrogens is 876 g/mol. The molecule has 66 heavy (non-hydrogen) atoms. The molecule has 344 valence electrons. The molecule has 21 heteroatoms. The van der Waals surface area contributed by atoms with Crippen molar-refractivity contribution in [3.8, 4) is 97.7 Å². The van der Waals surface area contributed by atoms with Crippen LogP contribution in [0, 0.1) is 0 Å². The van der Waals surface area contributed by atoms with Gasteiger partial charge in [0.2, 0.25) is 11.5 Å². The maximum atomic E-state index is 12.2. The molecule has 3 heterocycles. The van der Waals surface area contributed by atoms with E-state index in [9.17, 15) is 81.7 Å². The minimum Gasteiger partial charge on any atom is -0.508 e. The molecule has 0 radical (unpaired) electrons. The quantitative estimate of drug-likeness (QED) is 0.101. The van der Waals surface area contributed by atoms with Crippen LogP contribution in [0.15, 0.2) is 78.9 Å². The number of aliphatic hydroxyl groups is 4. The van der Waals surface area contributed by atoms with E-state index < -0.39 is 158 Å². The SMILES string of the molecule is Oc1cc(O)c2c(c1)OC(c1ccc(O)c(O)c1)C(O)C2Oc1c(O)cc(O)c2c1OC(c1ccc(O)c(O)c1)C(O)C2Oc1c(O)cc(O)c2c1OC(c1ccc(O)c(O)c1)C(O)C2O. The van der Waals surface area contributed by atoms with Crippen LogP contribution < -0.4 is 23.7 Å². The number of ether oxygens (including phenoxy) is 5. The van der Waals surface area contributed by atoms with Crippen LogP contribution in [0.5, 0.6) is 97.7 Å². The Morgan fingerprint density at radius 3 is 1.21 bits per heavy atom. The number of aromatic hydroxyl groups is 12. The topological polar surface area (TPSA) is 370 Å². The van der Waals surface area contributed by atoms with Crippen molar-refractivity contribution >= 4 is 0 Å². The predicted octanol–water partition coefficient (Wildman–Crippen LogP) is 3.91. The standard InChI is InChI=1S/C45H38O21/c46-17-10-24(53)30-29(11-17)62-38(15-2-5-19(48)22(51)8-15)35(60)42(30)65-41-28(57)13-26(55)32-43(36(61)39(64-45(32)41)16-3-6-20(49)23(52)9-16)66-40-27(56)12-25(54)31-33(58)34(59)37(63-44(31)40)14-1-4-18(47)21(50)7-14/h1-13,33-39,42-43,46-61H. The minimum atomic E-state index is -2.02. The molecule has 0 fully saturated rings. The van der Waals surface area contributed by atoms with Gasteiger partial charge in [-0.25, -0.2) is 0 Å². The summed E-state index contributed by atoms with van der Waals surface area (Å²) in [6.45, 7) is 0. The van der Waals surface area contributed by atoms with Crippen molar-refractivity contribution in [3.05, 3.63) is 112 Å². The first-order valence-corrected chi connectivity index (χ1v) is 19.7. The lowest BCUT2D eigenvalue weighted by Gasteiger charge is -2.41. The largest absolute Gasteiger partial charge is 0.508 e. The van der Waals surface area contributed by atoms with Gasteiger partial charge in [-0.05, 0) is 53.1 Å². The predicted molar refractivity (Wildman–Crippen MR) is 218 cm³/mol. The Kier molecular flexibility index (Phi) is 10.3. The lowest BCUT2D eigenvalue weighted by Crippen LogP contribution is -2.39. The molecule has 9 unspecified atom stereocenters. The Labute approximate surface area is 369 Å². The molecule has 21 nitrogen and oxygen atoms in total. The van der Waals surface area contributed by atoms with Crippen LogP contribution >= 0.6 is 0 Å². The summed E-state index contributed by atoms with van der Waals surface area (Å²) in [5, 5.41) is 174. The molecule has 6 aromatic rings. The second-order valence-corrected chi connectivity index (χ2v) is 15.7. The van der Waals surface area contributed by atoms with Gasteiger partial charge in [-0.1, -0.05) is 18.2 Å². The third kappa shape index (κ3) is 6.98. The second-order valence-electron chi connectivity index (χ2n) is 15.7. The van der Waals surface area contributed by atoms with Gasteiger partial charge in [0.15, 0.2) is 88.0 Å². The number of benzene rings is 6. The van der Waals surface area contributed by atoms with E-state index >= 15 is 0 Å². The maximum absolute atomic E-state index is 12.2. The van der Waals surface area contributed by atoms with Crippen LogP contribution in [-0.4, -0.2) is 100 Å². The van der Waals surface area contributed by atoms with E-state index in [2.05, 4.69) is 0 Å². The molecule has 0 spiro atoms. The summed E-state index contributed by atoms with van der Waals surface area (Å²) in [4.78, 5) is 0. The average Bonchev–Trinajstić information content (AvgIpc) is 3.25. The van der Waals surface area contributed by atoms with E-state index in [1.807, 2.05) is 0 Å². The van der Waals surface area contributed by atoms with Gasteiger partial charge in [-0.15, -0.1) is 0 Å². The number of fused-ring (bicyclic) bond motifs is 3. The van der Waals surface area contributed by atoms with E-state index in [0.717, 1.165) is 54.6 Å². The van der Waals surface area contributed by atoms with E-state index in [-0.39, 0.29) is 28.0 Å². The molecule has 9 rings (SSSR count). The lowest BCUT2D eigenvalue weighted by molar-refractivity contribution is -0.0807. The van der Waals surface area contributed by atoms with E-state index in [1.165, 1.54) is 18.2 Å². The highest BCUT2D eigenvalue weighted by molar-refractivity contribution is 5.67. The summed E-state index contributed by atoms with van der Waals surface area (Å²) in [6, 6.07) is 13.4. The van der Waals surface area contributed by atoms with Gasteiger partial charge >= 0.3 is 0 Å². The van der Waals surface area contributed by atoms with Crippen molar-refractivity contribution in [1.29, 1.82) is 0 Å². The lowest BCUT2D eigenvalue weighted by atomic mass is 9.89. The Hall–Kier alpha value is -8.24. The van der Waals surface area contributed by atoms with Gasteiger partial charge in [0.25, 0.3) is 0 Å². The smallest absolute Gasteiger partial charge is 0.204 e. The molecule has 16 N–H and O–H groups in total. The monoisotopic (exact) mass is 914 g/mol. The highest BCUT2D eigenvalue weighted by atomic mass is 16.6. The zero-order valence-corrected chi connectivity index (χ0v) is 33.4. The van der Waals surface area contributed by atoms with E-state index in [0.29, 0.717) is 6.07 Å². The molecule has 9 atom stereocenters. The molecule has 6 aromatic carbocycles. The van der Waals surface area contributed by atoms with Crippen LogP contribution in [0.2, 0.25) is 0 Å². The van der Waals surface area contributed by atoms with E-state index in [1.54, 1.807) is 0 Å². The molecule has 0 aliphatic carbocycles. The molecular formula is C45H38O21. The first kappa shape index (κ1) is 43.0. The molecule has 0 amide bonds.